The third-order valence-corrected chi connectivity index (χ3v) is 11.1. The van der Waals surface area contributed by atoms with Gasteiger partial charge in [0.1, 0.15) is 17.1 Å². The van der Waals surface area contributed by atoms with Gasteiger partial charge in [0.15, 0.2) is 0 Å². The van der Waals surface area contributed by atoms with Crippen LogP contribution in [0.5, 0.6) is 5.75 Å². The summed E-state index contributed by atoms with van der Waals surface area (Å²) < 4.78 is 34.2. The molecule has 0 saturated carbocycles. The summed E-state index contributed by atoms with van der Waals surface area (Å²) in [6, 6.07) is 8.48. The van der Waals surface area contributed by atoms with Crippen LogP contribution in [0.25, 0.3) is 11.0 Å². The number of aromatic amines is 1. The molecule has 0 bridgehead atoms. The molecule has 1 unspecified atom stereocenters. The number of carbonyl (C=O) groups is 1. The number of amides is 1. The topological polar surface area (TPSA) is 108 Å². The van der Waals surface area contributed by atoms with E-state index >= 15 is 0 Å². The normalized spacial score (nSPS) is 18.6. The second-order valence-electron chi connectivity index (χ2n) is 11.1. The van der Waals surface area contributed by atoms with Gasteiger partial charge < -0.3 is 19.9 Å². The Bertz CT molecular complexity index is 1480. The lowest BCUT2D eigenvalue weighted by Gasteiger charge is -2.44. The van der Waals surface area contributed by atoms with Crippen LogP contribution in [0.2, 0.25) is 0 Å². The van der Waals surface area contributed by atoms with Crippen molar-refractivity contribution in [3.05, 3.63) is 52.8 Å². The maximum absolute atomic E-state index is 13.7. The summed E-state index contributed by atoms with van der Waals surface area (Å²) in [6.45, 7) is 8.95. The predicted octanol–water partition coefficient (Wildman–Crippen LogP) is 4.18. The Balaban J connectivity index is 1.40. The number of aryl methyl sites for hydroxylation is 1. The lowest BCUT2D eigenvalue weighted by molar-refractivity contribution is 0.0497. The zero-order valence-electron chi connectivity index (χ0n) is 23.5. The molecule has 0 aliphatic carbocycles. The molecular weight excluding hydrogens is 514 g/mol. The molecule has 2 saturated heterocycles. The monoisotopic (exact) mass is 553 g/mol. The first-order valence-corrected chi connectivity index (χ1v) is 15.1. The minimum absolute atomic E-state index is 0.0151. The van der Waals surface area contributed by atoms with Crippen molar-refractivity contribution in [3.8, 4) is 5.75 Å². The first kappa shape index (κ1) is 27.6. The highest BCUT2D eigenvalue weighted by atomic mass is 32.2. The molecule has 5 rings (SSSR count). The number of hydrogen-bond acceptors (Lipinski definition) is 6. The summed E-state index contributed by atoms with van der Waals surface area (Å²) in [5, 5.41) is 3.45. The van der Waals surface area contributed by atoms with Crippen molar-refractivity contribution in [2.45, 2.75) is 57.4 Å². The lowest BCUT2D eigenvalue weighted by atomic mass is 9.71. The number of methoxy groups -OCH3 is 1. The molecule has 2 aliphatic rings. The van der Waals surface area contributed by atoms with Crippen LogP contribution in [0.4, 0.5) is 0 Å². The van der Waals surface area contributed by atoms with Crippen molar-refractivity contribution in [3.63, 3.8) is 0 Å². The molecule has 2 fully saturated rings. The summed E-state index contributed by atoms with van der Waals surface area (Å²) in [7, 11) is -0.773. The molecule has 1 aromatic heterocycles. The highest BCUT2D eigenvalue weighted by Gasteiger charge is 2.37. The standard InChI is InChI=1S/C29H39N5O4S/c1-19-9-10-24(38-5)20(2)26(19)39(36,37)33(4)21(3)27-31-23-8-6-7-22(25(23)32-27)28(35)34-17-13-29(14-18-34)11-15-30-16-12-29/h6-10,21,30H,11-18H2,1-5H3,(H,31,32). The summed E-state index contributed by atoms with van der Waals surface area (Å²) in [4.78, 5) is 23.9. The number of hydrogen-bond donors (Lipinski definition) is 2. The van der Waals surface area contributed by atoms with Gasteiger partial charge in [-0.2, -0.15) is 4.31 Å². The van der Waals surface area contributed by atoms with Gasteiger partial charge in [0, 0.05) is 25.7 Å². The van der Waals surface area contributed by atoms with Gasteiger partial charge in [-0.1, -0.05) is 12.1 Å². The number of fused-ring (bicyclic) bond motifs is 1. The number of aromatic nitrogens is 2. The van der Waals surface area contributed by atoms with E-state index in [2.05, 4.69) is 10.3 Å². The molecule has 2 aliphatic heterocycles. The Morgan fingerprint density at radius 2 is 1.79 bits per heavy atom. The SMILES string of the molecule is COc1ccc(C)c(S(=O)(=O)N(C)C(C)c2nc3c(C(=O)N4CCC5(CCNCC5)CC4)cccc3[nH]2)c1C. The van der Waals surface area contributed by atoms with Crippen molar-refractivity contribution >= 4 is 27.0 Å². The summed E-state index contributed by atoms with van der Waals surface area (Å²) in [5.41, 5.74) is 3.42. The van der Waals surface area contributed by atoms with Gasteiger partial charge in [0.25, 0.3) is 5.91 Å². The van der Waals surface area contributed by atoms with Gasteiger partial charge >= 0.3 is 0 Å². The molecule has 1 spiro atoms. The van der Waals surface area contributed by atoms with Crippen LogP contribution in [0, 0.1) is 19.3 Å². The molecule has 9 nitrogen and oxygen atoms in total. The molecule has 3 heterocycles. The number of para-hydroxylation sites is 1. The molecule has 210 valence electrons. The molecular formula is C29H39N5O4S. The van der Waals surface area contributed by atoms with E-state index in [9.17, 15) is 13.2 Å². The van der Waals surface area contributed by atoms with Gasteiger partial charge in [-0.3, -0.25) is 4.79 Å². The van der Waals surface area contributed by atoms with Gasteiger partial charge in [-0.05, 0) is 88.7 Å². The van der Waals surface area contributed by atoms with Crippen molar-refractivity contribution < 1.29 is 17.9 Å². The average molecular weight is 554 g/mol. The second-order valence-corrected chi connectivity index (χ2v) is 13.0. The van der Waals surface area contributed by atoms with Crippen LogP contribution in [0.15, 0.2) is 35.2 Å². The maximum Gasteiger partial charge on any atom is 0.256 e. The number of nitrogens with zero attached hydrogens (tertiary/aromatic N) is 3. The number of carbonyl (C=O) groups excluding carboxylic acids is 1. The molecule has 2 aromatic carbocycles. The number of likely N-dealkylation sites (tertiary alicyclic amines) is 1. The van der Waals surface area contributed by atoms with Crippen molar-refractivity contribution in [1.29, 1.82) is 0 Å². The molecule has 2 N–H and O–H groups in total. The van der Waals surface area contributed by atoms with E-state index in [1.165, 1.54) is 24.3 Å². The van der Waals surface area contributed by atoms with E-state index in [0.717, 1.165) is 39.0 Å². The third kappa shape index (κ3) is 4.94. The van der Waals surface area contributed by atoms with Crippen molar-refractivity contribution in [1.82, 2.24) is 24.5 Å². The minimum Gasteiger partial charge on any atom is -0.496 e. The van der Waals surface area contributed by atoms with Crippen LogP contribution in [0.1, 0.15) is 66.0 Å². The van der Waals surface area contributed by atoms with Gasteiger partial charge in [0.05, 0.1) is 29.1 Å². The van der Waals surface area contributed by atoms with Crippen LogP contribution in [0.3, 0.4) is 0 Å². The Kier molecular flexibility index (Phi) is 7.47. The van der Waals surface area contributed by atoms with Crippen molar-refractivity contribution in [2.24, 2.45) is 5.41 Å². The Hall–Kier alpha value is -2.95. The quantitative estimate of drug-likeness (QED) is 0.474. The highest BCUT2D eigenvalue weighted by molar-refractivity contribution is 7.89. The number of rotatable bonds is 6. The number of ether oxygens (including phenoxy) is 1. The molecule has 1 amide bonds. The van der Waals surface area contributed by atoms with Crippen molar-refractivity contribution in [2.75, 3.05) is 40.3 Å². The largest absolute Gasteiger partial charge is 0.496 e. The fraction of sp³-hybridized carbons (Fsp3) is 0.517. The summed E-state index contributed by atoms with van der Waals surface area (Å²) in [6.07, 6.45) is 4.42. The van der Waals surface area contributed by atoms with E-state index in [1.807, 2.05) is 23.1 Å². The lowest BCUT2D eigenvalue weighted by Crippen LogP contribution is -2.47. The second kappa shape index (κ2) is 10.6. The Labute approximate surface area is 231 Å². The number of imidazole rings is 1. The van der Waals surface area contributed by atoms with Gasteiger partial charge in [0.2, 0.25) is 10.0 Å². The first-order valence-electron chi connectivity index (χ1n) is 13.7. The van der Waals surface area contributed by atoms with Crippen LogP contribution in [-0.4, -0.2) is 73.8 Å². The van der Waals surface area contributed by atoms with Crippen LogP contribution < -0.4 is 10.1 Å². The van der Waals surface area contributed by atoms with E-state index in [-0.39, 0.29) is 10.8 Å². The first-order chi connectivity index (χ1) is 18.6. The van der Waals surface area contributed by atoms with Crippen LogP contribution >= 0.6 is 0 Å². The summed E-state index contributed by atoms with van der Waals surface area (Å²) >= 11 is 0. The van der Waals surface area contributed by atoms with E-state index in [0.29, 0.717) is 44.7 Å². The van der Waals surface area contributed by atoms with Gasteiger partial charge in [-0.25, -0.2) is 13.4 Å². The number of benzene rings is 2. The summed E-state index contributed by atoms with van der Waals surface area (Å²) in [5.74, 6) is 0.997. The van der Waals surface area contributed by atoms with Crippen LogP contribution in [-0.2, 0) is 10.0 Å². The molecule has 3 aromatic rings. The zero-order chi connectivity index (χ0) is 27.9. The molecule has 10 heteroatoms. The fourth-order valence-electron chi connectivity index (χ4n) is 6.18. The number of piperidine rings is 2. The third-order valence-electron chi connectivity index (χ3n) is 8.89. The average Bonchev–Trinajstić information content (AvgIpc) is 3.37. The van der Waals surface area contributed by atoms with E-state index in [1.54, 1.807) is 40.0 Å². The van der Waals surface area contributed by atoms with E-state index in [4.69, 9.17) is 9.72 Å². The smallest absolute Gasteiger partial charge is 0.256 e. The fourth-order valence-corrected chi connectivity index (χ4v) is 7.95. The number of H-pyrrole nitrogens is 1. The minimum atomic E-state index is -3.86. The molecule has 1 atom stereocenters. The highest BCUT2D eigenvalue weighted by Crippen LogP contribution is 2.40. The van der Waals surface area contributed by atoms with E-state index < -0.39 is 16.1 Å². The van der Waals surface area contributed by atoms with Gasteiger partial charge in [-0.15, -0.1) is 0 Å². The number of nitrogens with one attached hydrogen (secondary N) is 2. The predicted molar refractivity (Wildman–Crippen MR) is 152 cm³/mol. The maximum atomic E-state index is 13.7. The molecule has 0 radical (unpaired) electrons. The Morgan fingerprint density at radius 1 is 1.10 bits per heavy atom. The zero-order valence-corrected chi connectivity index (χ0v) is 24.3. The number of sulfonamides is 1. The molecule has 39 heavy (non-hydrogen) atoms. The Morgan fingerprint density at radius 3 is 2.46 bits per heavy atom.